The number of unbranched alkanes of at least 4 members (excludes halogenated alkanes) is 1. The van der Waals surface area contributed by atoms with Crippen LogP contribution in [0.5, 0.6) is 0 Å². The molecule has 1 aromatic rings. The zero-order chi connectivity index (χ0) is 9.68. The van der Waals surface area contributed by atoms with Gasteiger partial charge in [-0.05, 0) is 47.8 Å². The molecule has 1 aromatic heterocycles. The summed E-state index contributed by atoms with van der Waals surface area (Å²) < 4.78 is 13.9. The van der Waals surface area contributed by atoms with Crippen molar-refractivity contribution in [3.05, 3.63) is 28.2 Å². The number of nitrogens with two attached hydrogens (primary N) is 1. The summed E-state index contributed by atoms with van der Waals surface area (Å²) in [5.74, 6) is -0.375. The highest BCUT2D eigenvalue weighted by Gasteiger charge is 2.03. The highest BCUT2D eigenvalue weighted by atomic mass is 79.9. The van der Waals surface area contributed by atoms with Gasteiger partial charge in [-0.15, -0.1) is 0 Å². The molecule has 0 aliphatic carbocycles. The lowest BCUT2D eigenvalue weighted by Crippen LogP contribution is -2.00. The van der Waals surface area contributed by atoms with E-state index in [9.17, 15) is 4.39 Å². The average Bonchev–Trinajstić information content (AvgIpc) is 2.11. The molecule has 0 aliphatic rings. The Balaban J connectivity index is 2.59. The van der Waals surface area contributed by atoms with Gasteiger partial charge < -0.3 is 5.73 Å². The third-order valence-electron chi connectivity index (χ3n) is 1.78. The fourth-order valence-corrected chi connectivity index (χ4v) is 1.48. The number of halogens is 2. The van der Waals surface area contributed by atoms with Crippen LogP contribution in [0.25, 0.3) is 0 Å². The van der Waals surface area contributed by atoms with Crippen molar-refractivity contribution in [2.75, 3.05) is 6.54 Å². The second kappa shape index (κ2) is 5.29. The van der Waals surface area contributed by atoms with Gasteiger partial charge in [0.15, 0.2) is 0 Å². The molecule has 0 saturated heterocycles. The summed E-state index contributed by atoms with van der Waals surface area (Å²) in [5, 5.41) is 0. The van der Waals surface area contributed by atoms with E-state index in [-0.39, 0.29) is 5.95 Å². The zero-order valence-corrected chi connectivity index (χ0v) is 8.85. The highest BCUT2D eigenvalue weighted by molar-refractivity contribution is 9.10. The summed E-state index contributed by atoms with van der Waals surface area (Å²) in [6, 6.07) is 1.76. The van der Waals surface area contributed by atoms with E-state index in [1.807, 2.05) is 0 Å². The van der Waals surface area contributed by atoms with E-state index in [4.69, 9.17) is 5.73 Å². The molecule has 0 radical (unpaired) electrons. The summed E-state index contributed by atoms with van der Waals surface area (Å²) in [6.07, 6.45) is 3.99. The lowest BCUT2D eigenvalue weighted by atomic mass is 10.1. The van der Waals surface area contributed by atoms with Crippen molar-refractivity contribution in [3.63, 3.8) is 0 Å². The Morgan fingerprint density at radius 1 is 1.46 bits per heavy atom. The van der Waals surface area contributed by atoms with Crippen LogP contribution in [0, 0.1) is 5.95 Å². The third kappa shape index (κ3) is 3.40. The molecule has 1 rings (SSSR count). The van der Waals surface area contributed by atoms with Crippen LogP contribution >= 0.6 is 15.9 Å². The molecule has 0 aliphatic heterocycles. The number of hydrogen-bond acceptors (Lipinski definition) is 2. The predicted molar refractivity (Wildman–Crippen MR) is 53.9 cm³/mol. The van der Waals surface area contributed by atoms with Crippen LogP contribution in [0.1, 0.15) is 18.4 Å². The van der Waals surface area contributed by atoms with E-state index in [1.54, 1.807) is 6.07 Å². The van der Waals surface area contributed by atoms with Gasteiger partial charge >= 0.3 is 0 Å². The van der Waals surface area contributed by atoms with E-state index in [2.05, 4.69) is 20.9 Å². The van der Waals surface area contributed by atoms with Gasteiger partial charge in [-0.25, -0.2) is 4.98 Å². The standard InChI is InChI=1S/C9H12BrFN2/c10-8-5-7(3-1-2-4-12)9(11)13-6-8/h5-6H,1-4,12H2. The van der Waals surface area contributed by atoms with Crippen LogP contribution in [0.4, 0.5) is 4.39 Å². The molecule has 2 N–H and O–H groups in total. The fraction of sp³-hybridized carbons (Fsp3) is 0.444. The van der Waals surface area contributed by atoms with Crippen molar-refractivity contribution in [2.45, 2.75) is 19.3 Å². The van der Waals surface area contributed by atoms with E-state index in [0.717, 1.165) is 17.3 Å². The van der Waals surface area contributed by atoms with Crippen LogP contribution < -0.4 is 5.73 Å². The first-order valence-corrected chi connectivity index (χ1v) is 5.03. The number of hydrogen-bond donors (Lipinski definition) is 1. The largest absolute Gasteiger partial charge is 0.330 e. The lowest BCUT2D eigenvalue weighted by molar-refractivity contribution is 0.559. The van der Waals surface area contributed by atoms with Gasteiger partial charge in [0.1, 0.15) is 0 Å². The molecule has 0 spiro atoms. The molecule has 0 fully saturated rings. The number of nitrogens with zero attached hydrogens (tertiary/aromatic N) is 1. The first kappa shape index (κ1) is 10.6. The molecular formula is C9H12BrFN2. The first-order chi connectivity index (χ1) is 6.24. The molecule has 2 nitrogen and oxygen atoms in total. The van der Waals surface area contributed by atoms with E-state index < -0.39 is 0 Å². The highest BCUT2D eigenvalue weighted by Crippen LogP contribution is 2.14. The number of rotatable bonds is 4. The topological polar surface area (TPSA) is 38.9 Å². The minimum atomic E-state index is -0.375. The van der Waals surface area contributed by atoms with Gasteiger partial charge in [0.05, 0.1) is 0 Å². The second-order valence-corrected chi connectivity index (χ2v) is 3.76. The summed E-state index contributed by atoms with van der Waals surface area (Å²) in [7, 11) is 0. The summed E-state index contributed by atoms with van der Waals surface area (Å²) >= 11 is 3.25. The molecule has 4 heteroatoms. The molecule has 72 valence electrons. The number of pyridine rings is 1. The lowest BCUT2D eigenvalue weighted by Gasteiger charge is -2.01. The Bertz CT molecular complexity index is 278. The minimum absolute atomic E-state index is 0.375. The smallest absolute Gasteiger partial charge is 0.216 e. The predicted octanol–water partition coefficient (Wildman–Crippen LogP) is 2.26. The fourth-order valence-electron chi connectivity index (χ4n) is 1.10. The molecule has 0 saturated carbocycles. The molecular weight excluding hydrogens is 235 g/mol. The zero-order valence-electron chi connectivity index (χ0n) is 7.26. The van der Waals surface area contributed by atoms with E-state index >= 15 is 0 Å². The van der Waals surface area contributed by atoms with Gasteiger partial charge in [0.25, 0.3) is 0 Å². The maximum Gasteiger partial charge on any atom is 0.216 e. The van der Waals surface area contributed by atoms with E-state index in [0.29, 0.717) is 18.5 Å². The Labute approximate surface area is 85.5 Å². The minimum Gasteiger partial charge on any atom is -0.330 e. The molecule has 0 amide bonds. The third-order valence-corrected chi connectivity index (χ3v) is 2.21. The van der Waals surface area contributed by atoms with Gasteiger partial charge in [0, 0.05) is 16.2 Å². The quantitative estimate of drug-likeness (QED) is 0.654. The van der Waals surface area contributed by atoms with Crippen LogP contribution in [0.2, 0.25) is 0 Å². The molecule has 0 aromatic carbocycles. The van der Waals surface area contributed by atoms with E-state index in [1.165, 1.54) is 6.20 Å². The van der Waals surface area contributed by atoms with Crippen LogP contribution in [-0.4, -0.2) is 11.5 Å². The Hall–Kier alpha value is -0.480. The van der Waals surface area contributed by atoms with Crippen molar-refractivity contribution < 1.29 is 4.39 Å². The van der Waals surface area contributed by atoms with Crippen LogP contribution in [-0.2, 0) is 6.42 Å². The Morgan fingerprint density at radius 3 is 2.92 bits per heavy atom. The van der Waals surface area contributed by atoms with Crippen molar-refractivity contribution in [2.24, 2.45) is 5.73 Å². The van der Waals surface area contributed by atoms with Gasteiger partial charge in [-0.1, -0.05) is 0 Å². The first-order valence-electron chi connectivity index (χ1n) is 4.24. The van der Waals surface area contributed by atoms with Crippen molar-refractivity contribution in [3.8, 4) is 0 Å². The van der Waals surface area contributed by atoms with Gasteiger partial charge in [-0.3, -0.25) is 0 Å². The van der Waals surface area contributed by atoms with Crippen LogP contribution in [0.3, 0.4) is 0 Å². The summed E-state index contributed by atoms with van der Waals surface area (Å²) in [5.41, 5.74) is 6.00. The Morgan fingerprint density at radius 2 is 2.23 bits per heavy atom. The molecule has 0 atom stereocenters. The average molecular weight is 247 g/mol. The van der Waals surface area contributed by atoms with Crippen molar-refractivity contribution in [1.82, 2.24) is 4.98 Å². The van der Waals surface area contributed by atoms with Gasteiger partial charge in [0.2, 0.25) is 5.95 Å². The molecule has 1 heterocycles. The van der Waals surface area contributed by atoms with Gasteiger partial charge in [-0.2, -0.15) is 4.39 Å². The monoisotopic (exact) mass is 246 g/mol. The summed E-state index contributed by atoms with van der Waals surface area (Å²) in [4.78, 5) is 3.61. The molecule has 13 heavy (non-hydrogen) atoms. The maximum atomic E-state index is 13.0. The second-order valence-electron chi connectivity index (χ2n) is 2.85. The number of aryl methyl sites for hydroxylation is 1. The SMILES string of the molecule is NCCCCc1cc(Br)cnc1F. The summed E-state index contributed by atoms with van der Waals surface area (Å²) in [6.45, 7) is 0.656. The Kier molecular flexibility index (Phi) is 4.32. The molecule has 0 unspecified atom stereocenters. The van der Waals surface area contributed by atoms with Crippen molar-refractivity contribution >= 4 is 15.9 Å². The maximum absolute atomic E-state index is 13.0. The van der Waals surface area contributed by atoms with Crippen molar-refractivity contribution in [1.29, 1.82) is 0 Å². The molecule has 0 bridgehead atoms. The normalized spacial score (nSPS) is 10.4. The van der Waals surface area contributed by atoms with Crippen LogP contribution in [0.15, 0.2) is 16.7 Å². The number of aromatic nitrogens is 1.